The van der Waals surface area contributed by atoms with Gasteiger partial charge in [0.1, 0.15) is 5.75 Å². The Morgan fingerprint density at radius 2 is 1.72 bits per heavy atom. The van der Waals surface area contributed by atoms with E-state index in [9.17, 15) is 9.18 Å². The highest BCUT2D eigenvalue weighted by Gasteiger charge is 2.15. The van der Waals surface area contributed by atoms with Crippen LogP contribution in [0.1, 0.15) is 0 Å². The molecule has 0 saturated carbocycles. The van der Waals surface area contributed by atoms with Crippen LogP contribution in [-0.2, 0) is 7.05 Å². The molecule has 0 aliphatic carbocycles. The third-order valence-electron chi connectivity index (χ3n) is 4.98. The smallest absolute Gasteiger partial charge is 0.261 e. The number of nitrogens with zero attached hydrogens (tertiary/aromatic N) is 3. The Hall–Kier alpha value is -3.59. The van der Waals surface area contributed by atoms with Crippen molar-refractivity contribution in [3.63, 3.8) is 0 Å². The molecule has 4 aromatic rings. The second-order valence-electron chi connectivity index (χ2n) is 6.80. The van der Waals surface area contributed by atoms with Gasteiger partial charge in [-0.15, -0.1) is 0 Å². The number of hydrogen-bond donors (Lipinski definition) is 0. The molecule has 0 amide bonds. The monoisotopic (exact) mass is 453 g/mol. The Bertz CT molecular complexity index is 1370. The lowest BCUT2D eigenvalue weighted by molar-refractivity contribution is 0.355. The van der Waals surface area contributed by atoms with Gasteiger partial charge >= 0.3 is 0 Å². The fourth-order valence-corrected chi connectivity index (χ4v) is 3.84. The lowest BCUT2D eigenvalue weighted by atomic mass is 10.1. The number of hydrogen-bond acceptors (Lipinski definition) is 7. The largest absolute Gasteiger partial charge is 0.493 e. The molecule has 2 aromatic heterocycles. The zero-order chi connectivity index (χ0) is 22.8. The summed E-state index contributed by atoms with van der Waals surface area (Å²) >= 11 is 1.36. The van der Waals surface area contributed by atoms with E-state index in [0.717, 1.165) is 0 Å². The van der Waals surface area contributed by atoms with E-state index in [2.05, 4.69) is 9.97 Å². The van der Waals surface area contributed by atoms with Gasteiger partial charge in [0.25, 0.3) is 5.56 Å². The van der Waals surface area contributed by atoms with Crippen molar-refractivity contribution in [1.82, 2.24) is 14.5 Å². The van der Waals surface area contributed by atoms with E-state index in [1.165, 1.54) is 41.8 Å². The van der Waals surface area contributed by atoms with Gasteiger partial charge in [-0.05, 0) is 36.1 Å². The van der Waals surface area contributed by atoms with Crippen LogP contribution < -0.4 is 19.8 Å². The summed E-state index contributed by atoms with van der Waals surface area (Å²) in [4.78, 5) is 21.2. The third-order valence-corrected chi connectivity index (χ3v) is 5.72. The predicted octanol–water partition coefficient (Wildman–Crippen LogP) is 4.67. The van der Waals surface area contributed by atoms with Crippen LogP contribution in [-0.4, -0.2) is 35.0 Å². The van der Waals surface area contributed by atoms with E-state index >= 15 is 0 Å². The van der Waals surface area contributed by atoms with Crippen LogP contribution in [0.4, 0.5) is 4.39 Å². The molecular formula is C23H20FN3O4S. The van der Waals surface area contributed by atoms with E-state index < -0.39 is 5.82 Å². The summed E-state index contributed by atoms with van der Waals surface area (Å²) in [7, 11) is 4.71. The van der Waals surface area contributed by atoms with Gasteiger partial charge in [-0.1, -0.05) is 17.8 Å². The van der Waals surface area contributed by atoms with Crippen molar-refractivity contribution < 1.29 is 18.6 Å². The number of halogens is 1. The Labute approximate surface area is 187 Å². The molecule has 0 fully saturated rings. The van der Waals surface area contributed by atoms with Crippen LogP contribution in [0.2, 0.25) is 0 Å². The van der Waals surface area contributed by atoms with Gasteiger partial charge in [-0.2, -0.15) is 0 Å². The molecule has 9 heteroatoms. The van der Waals surface area contributed by atoms with Gasteiger partial charge < -0.3 is 14.2 Å². The van der Waals surface area contributed by atoms with Crippen LogP contribution in [0.5, 0.6) is 23.0 Å². The summed E-state index contributed by atoms with van der Waals surface area (Å²) in [5.74, 6) is 0.851. The molecule has 0 spiro atoms. The topological polar surface area (TPSA) is 75.5 Å². The number of pyridine rings is 1. The van der Waals surface area contributed by atoms with Gasteiger partial charge in [0.05, 0.1) is 25.3 Å². The normalized spacial score (nSPS) is 10.9. The molecule has 4 rings (SSSR count). The minimum Gasteiger partial charge on any atom is -0.493 e. The van der Waals surface area contributed by atoms with E-state index in [-0.39, 0.29) is 11.3 Å². The molecule has 0 atom stereocenters. The van der Waals surface area contributed by atoms with E-state index in [0.29, 0.717) is 44.4 Å². The number of benzene rings is 2. The average Bonchev–Trinajstić information content (AvgIpc) is 2.81. The quantitative estimate of drug-likeness (QED) is 0.310. The second kappa shape index (κ2) is 8.88. The highest BCUT2D eigenvalue weighted by Crippen LogP contribution is 2.37. The molecule has 0 saturated heterocycles. The molecule has 0 radical (unpaired) electrons. The first-order chi connectivity index (χ1) is 15.5. The maximum absolute atomic E-state index is 14.9. The summed E-state index contributed by atoms with van der Waals surface area (Å²) < 4.78 is 32.9. The third kappa shape index (κ3) is 3.87. The zero-order valence-electron chi connectivity index (χ0n) is 17.9. The second-order valence-corrected chi connectivity index (χ2v) is 7.58. The van der Waals surface area contributed by atoms with E-state index in [1.807, 2.05) is 6.26 Å². The Balaban J connectivity index is 1.72. The summed E-state index contributed by atoms with van der Waals surface area (Å²) in [6.45, 7) is 0. The SMILES string of the molecule is COc1cc2nccc(Oc3ccc(-c4cnc(SC)n(C)c4=O)cc3F)c2cc1OC. The maximum Gasteiger partial charge on any atom is 0.261 e. The van der Waals surface area contributed by atoms with Gasteiger partial charge in [0, 0.05) is 30.9 Å². The number of ether oxygens (including phenoxy) is 3. The Morgan fingerprint density at radius 1 is 0.969 bits per heavy atom. The van der Waals surface area contributed by atoms with Crippen molar-refractivity contribution in [3.05, 3.63) is 65.0 Å². The molecule has 32 heavy (non-hydrogen) atoms. The van der Waals surface area contributed by atoms with Gasteiger partial charge in [0.15, 0.2) is 28.2 Å². The maximum atomic E-state index is 14.9. The number of rotatable bonds is 6. The van der Waals surface area contributed by atoms with Gasteiger partial charge in [-0.3, -0.25) is 14.3 Å². The number of thioether (sulfide) groups is 1. The summed E-state index contributed by atoms with van der Waals surface area (Å²) in [5.41, 5.74) is 1.09. The van der Waals surface area contributed by atoms with E-state index in [1.54, 1.807) is 44.6 Å². The number of aromatic nitrogens is 3. The highest BCUT2D eigenvalue weighted by molar-refractivity contribution is 7.98. The number of fused-ring (bicyclic) bond motifs is 1. The molecule has 7 nitrogen and oxygen atoms in total. The van der Waals surface area contributed by atoms with Crippen molar-refractivity contribution in [1.29, 1.82) is 0 Å². The van der Waals surface area contributed by atoms with Gasteiger partial charge in [0.2, 0.25) is 0 Å². The standard InChI is InChI=1S/C23H20FN3O4S/c1-27-22(28)15(12-26-23(27)32-4)13-5-6-19(16(24)9-13)31-18-7-8-25-17-11-21(30-3)20(29-2)10-14(17)18/h5-12H,1-4H3. The van der Waals surface area contributed by atoms with Crippen molar-refractivity contribution in [2.45, 2.75) is 5.16 Å². The fraction of sp³-hybridized carbons (Fsp3) is 0.174. The summed E-state index contributed by atoms with van der Waals surface area (Å²) in [6, 6.07) is 9.47. The first-order valence-corrected chi connectivity index (χ1v) is 10.8. The van der Waals surface area contributed by atoms with Crippen LogP contribution in [0.15, 0.2) is 58.7 Å². The first kappa shape index (κ1) is 21.6. The molecular weight excluding hydrogens is 433 g/mol. The van der Waals surface area contributed by atoms with Crippen LogP contribution in [0.3, 0.4) is 0 Å². The van der Waals surface area contributed by atoms with Crippen LogP contribution in [0.25, 0.3) is 22.0 Å². The number of methoxy groups -OCH3 is 2. The molecule has 2 aromatic carbocycles. The lowest BCUT2D eigenvalue weighted by Gasteiger charge is -2.13. The van der Waals surface area contributed by atoms with Crippen LogP contribution >= 0.6 is 11.8 Å². The highest BCUT2D eigenvalue weighted by atomic mass is 32.2. The molecule has 0 bridgehead atoms. The van der Waals surface area contributed by atoms with Crippen molar-refractivity contribution in [2.75, 3.05) is 20.5 Å². The molecule has 0 N–H and O–H groups in total. The summed E-state index contributed by atoms with van der Waals surface area (Å²) in [5, 5.41) is 1.22. The van der Waals surface area contributed by atoms with Gasteiger partial charge in [-0.25, -0.2) is 9.37 Å². The molecule has 0 unspecified atom stereocenters. The van der Waals surface area contributed by atoms with Crippen molar-refractivity contribution >= 4 is 22.7 Å². The summed E-state index contributed by atoms with van der Waals surface area (Å²) in [6.07, 6.45) is 4.86. The fourth-order valence-electron chi connectivity index (χ4n) is 3.32. The van der Waals surface area contributed by atoms with Crippen molar-refractivity contribution in [2.24, 2.45) is 7.05 Å². The average molecular weight is 453 g/mol. The van der Waals surface area contributed by atoms with E-state index in [4.69, 9.17) is 14.2 Å². The minimum atomic E-state index is -0.607. The molecule has 0 aliphatic heterocycles. The first-order valence-electron chi connectivity index (χ1n) is 9.55. The zero-order valence-corrected chi connectivity index (χ0v) is 18.7. The minimum absolute atomic E-state index is 0.0153. The van der Waals surface area contributed by atoms with Crippen LogP contribution in [0, 0.1) is 5.82 Å². The Morgan fingerprint density at radius 3 is 2.41 bits per heavy atom. The Kier molecular flexibility index (Phi) is 6.00. The van der Waals surface area contributed by atoms with Crippen molar-refractivity contribution in [3.8, 4) is 34.1 Å². The molecule has 0 aliphatic rings. The molecule has 164 valence electrons. The predicted molar refractivity (Wildman–Crippen MR) is 122 cm³/mol. The lowest BCUT2D eigenvalue weighted by Crippen LogP contribution is -2.21. The molecule has 2 heterocycles.